The molecule has 2 aromatic rings. The molecule has 0 aliphatic rings. The Kier molecular flexibility index (Phi) is 4.58. The highest BCUT2D eigenvalue weighted by molar-refractivity contribution is 6.00. The van der Waals surface area contributed by atoms with Crippen LogP contribution in [0.4, 0.5) is 11.4 Å². The molecule has 1 unspecified atom stereocenters. The van der Waals surface area contributed by atoms with Crippen LogP contribution in [0.15, 0.2) is 30.6 Å². The molecule has 4 N–H and O–H groups in total. The molecule has 4 heteroatoms. The molecule has 0 radical (unpaired) electrons. The van der Waals surface area contributed by atoms with Gasteiger partial charge in [0.25, 0.3) is 0 Å². The van der Waals surface area contributed by atoms with Crippen LogP contribution >= 0.6 is 0 Å². The Morgan fingerprint density at radius 1 is 1.32 bits per heavy atom. The highest BCUT2D eigenvalue weighted by Crippen LogP contribution is 2.27. The number of aliphatic hydroxyl groups excluding tert-OH is 1. The molecule has 1 heterocycles. The van der Waals surface area contributed by atoms with Crippen molar-refractivity contribution in [2.75, 3.05) is 24.2 Å². The fourth-order valence-electron chi connectivity index (χ4n) is 2.26. The standard InChI is InChI=1S/C15H21N3O/c1-2-11(6-8-19)9-18-15-4-3-14(16)12-5-7-17-10-13(12)15/h3-5,7,10-11,18-19H,2,6,8-9,16H2,1H3. The minimum atomic E-state index is 0.240. The SMILES string of the molecule is CCC(CCO)CNc1ccc(N)c2ccncc12. The first-order chi connectivity index (χ1) is 9.26. The smallest absolute Gasteiger partial charge is 0.0437 e. The van der Waals surface area contributed by atoms with Gasteiger partial charge in [-0.05, 0) is 30.5 Å². The van der Waals surface area contributed by atoms with Crippen LogP contribution in [0.2, 0.25) is 0 Å². The fraction of sp³-hybridized carbons (Fsp3) is 0.400. The Morgan fingerprint density at radius 3 is 2.89 bits per heavy atom. The number of pyridine rings is 1. The first kappa shape index (κ1) is 13.6. The monoisotopic (exact) mass is 259 g/mol. The zero-order chi connectivity index (χ0) is 13.7. The molecular formula is C15H21N3O. The largest absolute Gasteiger partial charge is 0.398 e. The van der Waals surface area contributed by atoms with Gasteiger partial charge in [0.15, 0.2) is 0 Å². The zero-order valence-electron chi connectivity index (χ0n) is 11.3. The maximum Gasteiger partial charge on any atom is 0.0437 e. The summed E-state index contributed by atoms with van der Waals surface area (Å²) in [6, 6.07) is 5.84. The molecule has 102 valence electrons. The Bertz CT molecular complexity index is 542. The van der Waals surface area contributed by atoms with Gasteiger partial charge in [0.2, 0.25) is 0 Å². The van der Waals surface area contributed by atoms with E-state index in [2.05, 4.69) is 17.2 Å². The number of aromatic nitrogens is 1. The lowest BCUT2D eigenvalue weighted by Crippen LogP contribution is -2.15. The number of benzene rings is 1. The summed E-state index contributed by atoms with van der Waals surface area (Å²) in [5, 5.41) is 14.5. The van der Waals surface area contributed by atoms with Gasteiger partial charge >= 0.3 is 0 Å². The minimum absolute atomic E-state index is 0.240. The van der Waals surface area contributed by atoms with E-state index in [1.54, 1.807) is 6.20 Å². The molecule has 2 rings (SSSR count). The first-order valence-electron chi connectivity index (χ1n) is 6.73. The second-order valence-electron chi connectivity index (χ2n) is 4.79. The summed E-state index contributed by atoms with van der Waals surface area (Å²) < 4.78 is 0. The highest BCUT2D eigenvalue weighted by Gasteiger charge is 2.08. The summed E-state index contributed by atoms with van der Waals surface area (Å²) in [4.78, 5) is 4.16. The molecule has 0 aliphatic carbocycles. The van der Waals surface area contributed by atoms with E-state index in [-0.39, 0.29) is 6.61 Å². The highest BCUT2D eigenvalue weighted by atomic mass is 16.3. The molecule has 0 spiro atoms. The number of aliphatic hydroxyl groups is 1. The molecule has 0 amide bonds. The third-order valence-electron chi connectivity index (χ3n) is 3.55. The molecule has 1 aromatic carbocycles. The van der Waals surface area contributed by atoms with Crippen LogP contribution in [0.3, 0.4) is 0 Å². The molecule has 1 aromatic heterocycles. The van der Waals surface area contributed by atoms with E-state index in [4.69, 9.17) is 10.8 Å². The number of rotatable bonds is 6. The second-order valence-corrected chi connectivity index (χ2v) is 4.79. The normalized spacial score (nSPS) is 12.5. The van der Waals surface area contributed by atoms with E-state index in [1.807, 2.05) is 24.4 Å². The Hall–Kier alpha value is -1.81. The molecule has 4 nitrogen and oxygen atoms in total. The summed E-state index contributed by atoms with van der Waals surface area (Å²) in [5.74, 6) is 0.481. The average molecular weight is 259 g/mol. The number of nitrogens with two attached hydrogens (primary N) is 1. The molecule has 1 atom stereocenters. The van der Waals surface area contributed by atoms with E-state index in [9.17, 15) is 0 Å². The lowest BCUT2D eigenvalue weighted by Gasteiger charge is -2.17. The van der Waals surface area contributed by atoms with E-state index in [0.717, 1.165) is 41.5 Å². The summed E-state index contributed by atoms with van der Waals surface area (Å²) in [7, 11) is 0. The minimum Gasteiger partial charge on any atom is -0.398 e. The molecule has 19 heavy (non-hydrogen) atoms. The van der Waals surface area contributed by atoms with Crippen molar-refractivity contribution in [2.45, 2.75) is 19.8 Å². The van der Waals surface area contributed by atoms with Gasteiger partial charge in [0, 0.05) is 47.7 Å². The van der Waals surface area contributed by atoms with Crippen molar-refractivity contribution in [1.29, 1.82) is 0 Å². The molecule has 0 bridgehead atoms. The topological polar surface area (TPSA) is 71.2 Å². The maximum atomic E-state index is 9.02. The Morgan fingerprint density at radius 2 is 2.16 bits per heavy atom. The first-order valence-corrected chi connectivity index (χ1v) is 6.73. The summed E-state index contributed by atoms with van der Waals surface area (Å²) >= 11 is 0. The van der Waals surface area contributed by atoms with Gasteiger partial charge in [-0.25, -0.2) is 0 Å². The molecule has 0 fully saturated rings. The van der Waals surface area contributed by atoms with Gasteiger partial charge in [-0.3, -0.25) is 4.98 Å². The lowest BCUT2D eigenvalue weighted by molar-refractivity contribution is 0.258. The van der Waals surface area contributed by atoms with Crippen LogP contribution in [0.1, 0.15) is 19.8 Å². The Labute approximate surface area is 113 Å². The lowest BCUT2D eigenvalue weighted by atomic mass is 10.0. The van der Waals surface area contributed by atoms with Gasteiger partial charge in [-0.15, -0.1) is 0 Å². The number of fused-ring (bicyclic) bond motifs is 1. The predicted molar refractivity (Wildman–Crippen MR) is 80.1 cm³/mol. The van der Waals surface area contributed by atoms with Gasteiger partial charge in [0.05, 0.1) is 0 Å². The van der Waals surface area contributed by atoms with E-state index < -0.39 is 0 Å². The number of hydrogen-bond donors (Lipinski definition) is 3. The van der Waals surface area contributed by atoms with Crippen LogP contribution < -0.4 is 11.1 Å². The Balaban J connectivity index is 2.19. The van der Waals surface area contributed by atoms with E-state index in [0.29, 0.717) is 5.92 Å². The quantitative estimate of drug-likeness (QED) is 0.697. The van der Waals surface area contributed by atoms with Crippen molar-refractivity contribution in [3.63, 3.8) is 0 Å². The van der Waals surface area contributed by atoms with Crippen LogP contribution in [0, 0.1) is 5.92 Å². The van der Waals surface area contributed by atoms with E-state index in [1.165, 1.54) is 0 Å². The molecular weight excluding hydrogens is 238 g/mol. The van der Waals surface area contributed by atoms with Gasteiger partial charge in [-0.1, -0.05) is 13.3 Å². The van der Waals surface area contributed by atoms with Crippen molar-refractivity contribution in [3.8, 4) is 0 Å². The van der Waals surface area contributed by atoms with Crippen LogP contribution in [0.25, 0.3) is 10.8 Å². The summed E-state index contributed by atoms with van der Waals surface area (Å²) in [6.07, 6.45) is 5.47. The summed E-state index contributed by atoms with van der Waals surface area (Å²) in [6.45, 7) is 3.24. The van der Waals surface area contributed by atoms with Gasteiger partial charge in [-0.2, -0.15) is 0 Å². The van der Waals surface area contributed by atoms with Crippen molar-refractivity contribution in [2.24, 2.45) is 5.92 Å². The second kappa shape index (κ2) is 6.38. The number of nitrogens with one attached hydrogen (secondary N) is 1. The van der Waals surface area contributed by atoms with Crippen molar-refractivity contribution < 1.29 is 5.11 Å². The van der Waals surface area contributed by atoms with Crippen LogP contribution in [-0.2, 0) is 0 Å². The van der Waals surface area contributed by atoms with Crippen LogP contribution in [-0.4, -0.2) is 23.2 Å². The van der Waals surface area contributed by atoms with E-state index >= 15 is 0 Å². The zero-order valence-corrected chi connectivity index (χ0v) is 11.3. The third kappa shape index (κ3) is 3.15. The number of nitrogens with zero attached hydrogens (tertiary/aromatic N) is 1. The van der Waals surface area contributed by atoms with Gasteiger partial charge < -0.3 is 16.2 Å². The third-order valence-corrected chi connectivity index (χ3v) is 3.55. The number of hydrogen-bond acceptors (Lipinski definition) is 4. The van der Waals surface area contributed by atoms with Crippen LogP contribution in [0.5, 0.6) is 0 Å². The average Bonchev–Trinajstić information content (AvgIpc) is 2.45. The van der Waals surface area contributed by atoms with Crippen molar-refractivity contribution in [3.05, 3.63) is 30.6 Å². The molecule has 0 saturated carbocycles. The number of nitrogen functional groups attached to an aromatic ring is 1. The molecule has 0 saturated heterocycles. The maximum absolute atomic E-state index is 9.02. The number of anilines is 2. The van der Waals surface area contributed by atoms with Crippen molar-refractivity contribution in [1.82, 2.24) is 4.98 Å². The summed E-state index contributed by atoms with van der Waals surface area (Å²) in [5.41, 5.74) is 7.78. The van der Waals surface area contributed by atoms with Crippen molar-refractivity contribution >= 4 is 22.1 Å². The predicted octanol–water partition coefficient (Wildman–Crippen LogP) is 2.64. The fourth-order valence-corrected chi connectivity index (χ4v) is 2.26. The van der Waals surface area contributed by atoms with Gasteiger partial charge in [0.1, 0.15) is 0 Å². The molecule has 0 aliphatic heterocycles.